The van der Waals surface area contributed by atoms with Gasteiger partial charge in [-0.15, -0.1) is 10.2 Å². The van der Waals surface area contributed by atoms with Gasteiger partial charge in [-0.1, -0.05) is 35.0 Å². The van der Waals surface area contributed by atoms with E-state index in [4.69, 9.17) is 32.9 Å². The van der Waals surface area contributed by atoms with E-state index in [1.807, 2.05) is 6.07 Å². The van der Waals surface area contributed by atoms with E-state index in [0.29, 0.717) is 27.2 Å². The van der Waals surface area contributed by atoms with E-state index in [-0.39, 0.29) is 16.9 Å². The molecule has 0 aliphatic carbocycles. The van der Waals surface area contributed by atoms with Crippen molar-refractivity contribution in [3.63, 3.8) is 0 Å². The Hall–Kier alpha value is -2.53. The van der Waals surface area contributed by atoms with Gasteiger partial charge in [0.25, 0.3) is 5.22 Å². The fourth-order valence-electron chi connectivity index (χ4n) is 2.01. The first-order valence-corrected chi connectivity index (χ1v) is 9.01. The molecular formula is C17H10Cl2N4O2S. The normalized spacial score (nSPS) is 10.3. The maximum Gasteiger partial charge on any atom is 0.277 e. The predicted molar refractivity (Wildman–Crippen MR) is 100 cm³/mol. The van der Waals surface area contributed by atoms with Crippen LogP contribution in [0.3, 0.4) is 0 Å². The lowest BCUT2D eigenvalue weighted by atomic mass is 10.2. The Balaban J connectivity index is 1.61. The van der Waals surface area contributed by atoms with Gasteiger partial charge in [0.1, 0.15) is 6.07 Å². The second-order valence-electron chi connectivity index (χ2n) is 5.02. The molecule has 130 valence electrons. The minimum absolute atomic E-state index is 0.0413. The SMILES string of the molecule is N#Cc1ccc(Cl)cc1NC(=O)CSc1nnc(-c2ccc(Cl)cc2)o1. The van der Waals surface area contributed by atoms with Crippen molar-refractivity contribution in [1.82, 2.24) is 10.2 Å². The molecule has 0 saturated carbocycles. The molecule has 0 unspecified atom stereocenters. The first-order chi connectivity index (χ1) is 12.5. The highest BCUT2D eigenvalue weighted by Gasteiger charge is 2.13. The van der Waals surface area contributed by atoms with Gasteiger partial charge in [0, 0.05) is 15.6 Å². The van der Waals surface area contributed by atoms with Gasteiger partial charge in [-0.25, -0.2) is 0 Å². The summed E-state index contributed by atoms with van der Waals surface area (Å²) in [7, 11) is 0. The summed E-state index contributed by atoms with van der Waals surface area (Å²) in [5.74, 6) is 0.0609. The van der Waals surface area contributed by atoms with E-state index < -0.39 is 0 Å². The summed E-state index contributed by atoms with van der Waals surface area (Å²) >= 11 is 12.8. The quantitative estimate of drug-likeness (QED) is 0.622. The first-order valence-electron chi connectivity index (χ1n) is 7.27. The Labute approximate surface area is 163 Å². The van der Waals surface area contributed by atoms with Crippen LogP contribution in [-0.2, 0) is 4.79 Å². The van der Waals surface area contributed by atoms with E-state index in [2.05, 4.69) is 15.5 Å². The third-order valence-electron chi connectivity index (χ3n) is 3.20. The second kappa shape index (κ2) is 8.23. The molecule has 1 heterocycles. The van der Waals surface area contributed by atoms with Gasteiger partial charge in [-0.2, -0.15) is 5.26 Å². The number of anilines is 1. The van der Waals surface area contributed by atoms with Crippen LogP contribution in [0.15, 0.2) is 52.1 Å². The molecular weight excluding hydrogens is 395 g/mol. The first kappa shape index (κ1) is 18.3. The van der Waals surface area contributed by atoms with Crippen molar-refractivity contribution in [2.24, 2.45) is 0 Å². The van der Waals surface area contributed by atoms with E-state index >= 15 is 0 Å². The summed E-state index contributed by atoms with van der Waals surface area (Å²) in [6, 6.07) is 13.6. The number of thioether (sulfide) groups is 1. The van der Waals surface area contributed by atoms with Crippen molar-refractivity contribution in [2.45, 2.75) is 5.22 Å². The van der Waals surface area contributed by atoms with Crippen LogP contribution in [0.5, 0.6) is 0 Å². The number of halogens is 2. The highest BCUT2D eigenvalue weighted by molar-refractivity contribution is 7.99. The number of aromatic nitrogens is 2. The summed E-state index contributed by atoms with van der Waals surface area (Å²) in [4.78, 5) is 12.1. The number of hydrogen-bond acceptors (Lipinski definition) is 6. The van der Waals surface area contributed by atoms with Crippen LogP contribution in [-0.4, -0.2) is 21.9 Å². The molecule has 0 saturated heterocycles. The molecule has 0 atom stereocenters. The monoisotopic (exact) mass is 404 g/mol. The van der Waals surface area contributed by atoms with Crippen molar-refractivity contribution in [3.05, 3.63) is 58.1 Å². The molecule has 0 spiro atoms. The molecule has 1 amide bonds. The minimum Gasteiger partial charge on any atom is -0.411 e. The lowest BCUT2D eigenvalue weighted by molar-refractivity contribution is -0.113. The van der Waals surface area contributed by atoms with Gasteiger partial charge in [0.05, 0.1) is 17.0 Å². The van der Waals surface area contributed by atoms with Crippen LogP contribution < -0.4 is 5.32 Å². The Morgan fingerprint density at radius 2 is 1.88 bits per heavy atom. The third-order valence-corrected chi connectivity index (χ3v) is 4.51. The number of hydrogen-bond donors (Lipinski definition) is 1. The second-order valence-corrected chi connectivity index (χ2v) is 6.82. The van der Waals surface area contributed by atoms with Crippen molar-refractivity contribution in [2.75, 3.05) is 11.1 Å². The standard InChI is InChI=1S/C17H10Cl2N4O2S/c18-12-4-1-10(2-5-12)16-22-23-17(25-16)26-9-15(24)21-14-7-13(19)6-3-11(14)8-20/h1-7H,9H2,(H,21,24). The van der Waals surface area contributed by atoms with E-state index in [1.54, 1.807) is 36.4 Å². The van der Waals surface area contributed by atoms with Crippen LogP contribution in [0, 0.1) is 11.3 Å². The van der Waals surface area contributed by atoms with Gasteiger partial charge in [0.15, 0.2) is 0 Å². The molecule has 2 aromatic carbocycles. The molecule has 0 bridgehead atoms. The van der Waals surface area contributed by atoms with Crippen LogP contribution in [0.1, 0.15) is 5.56 Å². The average Bonchev–Trinajstić information content (AvgIpc) is 3.10. The van der Waals surface area contributed by atoms with Crippen molar-refractivity contribution in [3.8, 4) is 17.5 Å². The van der Waals surface area contributed by atoms with Crippen molar-refractivity contribution in [1.29, 1.82) is 5.26 Å². The Bertz CT molecular complexity index is 983. The predicted octanol–water partition coefficient (Wildman–Crippen LogP) is 4.65. The number of benzene rings is 2. The largest absolute Gasteiger partial charge is 0.411 e. The van der Waals surface area contributed by atoms with Gasteiger partial charge < -0.3 is 9.73 Å². The van der Waals surface area contributed by atoms with Crippen LogP contribution >= 0.6 is 35.0 Å². The number of nitriles is 1. The zero-order valence-electron chi connectivity index (χ0n) is 13.1. The number of carbonyl (C=O) groups is 1. The van der Waals surface area contributed by atoms with Crippen molar-refractivity contribution < 1.29 is 9.21 Å². The smallest absolute Gasteiger partial charge is 0.277 e. The lowest BCUT2D eigenvalue weighted by Gasteiger charge is -2.06. The molecule has 1 N–H and O–H groups in total. The number of nitrogens with one attached hydrogen (secondary N) is 1. The van der Waals surface area contributed by atoms with Crippen LogP contribution in [0.4, 0.5) is 5.69 Å². The summed E-state index contributed by atoms with van der Waals surface area (Å²) in [5, 5.41) is 20.9. The minimum atomic E-state index is -0.319. The molecule has 1 aromatic heterocycles. The van der Waals surface area contributed by atoms with Crippen LogP contribution in [0.25, 0.3) is 11.5 Å². The highest BCUT2D eigenvalue weighted by Crippen LogP contribution is 2.25. The fourth-order valence-corrected chi connectivity index (χ4v) is 2.87. The average molecular weight is 405 g/mol. The number of nitrogens with zero attached hydrogens (tertiary/aromatic N) is 3. The zero-order valence-corrected chi connectivity index (χ0v) is 15.4. The molecule has 9 heteroatoms. The van der Waals surface area contributed by atoms with E-state index in [1.165, 1.54) is 6.07 Å². The number of rotatable bonds is 5. The van der Waals surface area contributed by atoms with Gasteiger partial charge in [0.2, 0.25) is 11.8 Å². The molecule has 26 heavy (non-hydrogen) atoms. The van der Waals surface area contributed by atoms with Gasteiger partial charge >= 0.3 is 0 Å². The van der Waals surface area contributed by atoms with Gasteiger partial charge in [-0.3, -0.25) is 4.79 Å². The number of amides is 1. The molecule has 0 radical (unpaired) electrons. The molecule has 3 rings (SSSR count). The summed E-state index contributed by atoms with van der Waals surface area (Å²) in [6.07, 6.45) is 0. The molecule has 0 aliphatic heterocycles. The maximum absolute atomic E-state index is 12.1. The summed E-state index contributed by atoms with van der Waals surface area (Å²) in [5.41, 5.74) is 1.42. The molecule has 6 nitrogen and oxygen atoms in total. The van der Waals surface area contributed by atoms with E-state index in [0.717, 1.165) is 17.3 Å². The zero-order chi connectivity index (χ0) is 18.5. The fraction of sp³-hybridized carbons (Fsp3) is 0.0588. The summed E-state index contributed by atoms with van der Waals surface area (Å²) in [6.45, 7) is 0. The molecule has 0 fully saturated rings. The maximum atomic E-state index is 12.1. The third kappa shape index (κ3) is 4.55. The topological polar surface area (TPSA) is 91.8 Å². The van der Waals surface area contributed by atoms with Crippen LogP contribution in [0.2, 0.25) is 10.0 Å². The summed E-state index contributed by atoms with van der Waals surface area (Å²) < 4.78 is 5.52. The van der Waals surface area contributed by atoms with Crippen molar-refractivity contribution >= 4 is 46.6 Å². The Morgan fingerprint density at radius 1 is 1.15 bits per heavy atom. The highest BCUT2D eigenvalue weighted by atomic mass is 35.5. The molecule has 3 aromatic rings. The van der Waals surface area contributed by atoms with Gasteiger partial charge in [-0.05, 0) is 42.5 Å². The number of carbonyl (C=O) groups excluding carboxylic acids is 1. The Kier molecular flexibility index (Phi) is 5.78. The Morgan fingerprint density at radius 3 is 2.62 bits per heavy atom. The lowest BCUT2D eigenvalue weighted by Crippen LogP contribution is -2.15. The van der Waals surface area contributed by atoms with E-state index in [9.17, 15) is 4.79 Å². The molecule has 0 aliphatic rings.